The monoisotopic (exact) mass is 438 g/mol. The highest BCUT2D eigenvalue weighted by Gasteiger charge is 2.46. The van der Waals surface area contributed by atoms with Gasteiger partial charge >= 0.3 is 6.09 Å². The molecule has 3 aliphatic rings. The van der Waals surface area contributed by atoms with Gasteiger partial charge in [-0.2, -0.15) is 0 Å². The van der Waals surface area contributed by atoms with Crippen LogP contribution < -0.4 is 5.32 Å². The van der Waals surface area contributed by atoms with Gasteiger partial charge in [-0.25, -0.2) is 4.79 Å². The third kappa shape index (κ3) is 6.33. The molecule has 3 aliphatic heterocycles. The first-order valence-electron chi connectivity index (χ1n) is 11.9. The lowest BCUT2D eigenvalue weighted by Crippen LogP contribution is -2.69. The summed E-state index contributed by atoms with van der Waals surface area (Å²) in [7, 11) is 2.20. The van der Waals surface area contributed by atoms with Gasteiger partial charge in [0.1, 0.15) is 5.60 Å². The largest absolute Gasteiger partial charge is 0.444 e. The molecule has 0 saturated carbocycles. The Labute approximate surface area is 187 Å². The van der Waals surface area contributed by atoms with E-state index in [4.69, 9.17) is 9.47 Å². The maximum absolute atomic E-state index is 13.7. The zero-order valence-corrected chi connectivity index (χ0v) is 20.1. The fourth-order valence-electron chi connectivity index (χ4n) is 5.16. The molecule has 2 amide bonds. The molecule has 1 atom stereocenters. The molecule has 3 fully saturated rings. The first-order chi connectivity index (χ1) is 14.6. The minimum absolute atomic E-state index is 0.0397. The highest BCUT2D eigenvalue weighted by molar-refractivity contribution is 5.89. The van der Waals surface area contributed by atoms with E-state index in [1.54, 1.807) is 0 Å². The summed E-state index contributed by atoms with van der Waals surface area (Å²) in [6.45, 7) is 13.5. The van der Waals surface area contributed by atoms with E-state index in [-0.39, 0.29) is 5.91 Å². The molecule has 0 spiro atoms. The van der Waals surface area contributed by atoms with E-state index in [0.717, 1.165) is 31.8 Å². The van der Waals surface area contributed by atoms with Crippen LogP contribution in [-0.4, -0.2) is 97.5 Å². The third-order valence-electron chi connectivity index (χ3n) is 7.06. The summed E-state index contributed by atoms with van der Waals surface area (Å²) < 4.78 is 11.0. The molecule has 3 saturated heterocycles. The molecule has 0 aromatic heterocycles. The molecule has 0 radical (unpaired) electrons. The van der Waals surface area contributed by atoms with E-state index in [2.05, 4.69) is 17.3 Å². The Morgan fingerprint density at radius 2 is 1.39 bits per heavy atom. The second kappa shape index (κ2) is 10.0. The van der Waals surface area contributed by atoms with Crippen LogP contribution in [0.4, 0.5) is 4.79 Å². The van der Waals surface area contributed by atoms with Crippen molar-refractivity contribution in [1.29, 1.82) is 0 Å². The number of alkyl carbamates (subject to hydrolysis) is 1. The lowest BCUT2D eigenvalue weighted by atomic mass is 9.78. The van der Waals surface area contributed by atoms with Gasteiger partial charge in [-0.05, 0) is 85.4 Å². The minimum Gasteiger partial charge on any atom is -0.444 e. The number of likely N-dealkylation sites (tertiary alicyclic amines) is 2. The molecule has 0 unspecified atom stereocenters. The first-order valence-corrected chi connectivity index (χ1v) is 11.9. The van der Waals surface area contributed by atoms with Gasteiger partial charge in [0.15, 0.2) is 5.66 Å². The van der Waals surface area contributed by atoms with Crippen molar-refractivity contribution in [3.63, 3.8) is 0 Å². The smallest absolute Gasteiger partial charge is 0.409 e. The summed E-state index contributed by atoms with van der Waals surface area (Å²) in [5, 5.41) is 2.91. The van der Waals surface area contributed by atoms with Crippen molar-refractivity contribution in [3.8, 4) is 0 Å². The van der Waals surface area contributed by atoms with E-state index < -0.39 is 17.4 Å². The van der Waals surface area contributed by atoms with Gasteiger partial charge in [-0.15, -0.1) is 0 Å². The Balaban J connectivity index is 1.64. The van der Waals surface area contributed by atoms with Gasteiger partial charge in [0, 0.05) is 26.2 Å². The number of rotatable bonds is 4. The number of piperidine rings is 2. The normalized spacial score (nSPS) is 25.1. The van der Waals surface area contributed by atoms with Crippen molar-refractivity contribution < 1.29 is 19.1 Å². The number of amides is 2. The third-order valence-corrected chi connectivity index (χ3v) is 7.06. The summed E-state index contributed by atoms with van der Waals surface area (Å²) in [5.41, 5.74) is -1.75. The number of ether oxygens (including phenoxy) is 2. The molecular weight excluding hydrogens is 396 g/mol. The first kappa shape index (κ1) is 24.3. The summed E-state index contributed by atoms with van der Waals surface area (Å²) >= 11 is 0. The molecule has 8 heteroatoms. The van der Waals surface area contributed by atoms with Crippen molar-refractivity contribution in [2.45, 2.75) is 64.6 Å². The molecule has 0 bridgehead atoms. The number of hydrogen-bond donors (Lipinski definition) is 1. The van der Waals surface area contributed by atoms with Crippen LogP contribution in [0.25, 0.3) is 0 Å². The maximum Gasteiger partial charge on any atom is 0.409 e. The zero-order valence-electron chi connectivity index (χ0n) is 20.1. The van der Waals surface area contributed by atoms with E-state index in [9.17, 15) is 9.59 Å². The fraction of sp³-hybridized carbons (Fsp3) is 0.913. The topological polar surface area (TPSA) is 74.3 Å². The van der Waals surface area contributed by atoms with E-state index in [1.165, 1.54) is 25.9 Å². The quantitative estimate of drug-likeness (QED) is 0.725. The van der Waals surface area contributed by atoms with E-state index >= 15 is 0 Å². The maximum atomic E-state index is 13.7. The van der Waals surface area contributed by atoms with Gasteiger partial charge in [-0.1, -0.05) is 0 Å². The van der Waals surface area contributed by atoms with Gasteiger partial charge < -0.3 is 19.3 Å². The van der Waals surface area contributed by atoms with Gasteiger partial charge in [0.25, 0.3) is 5.91 Å². The Kier molecular flexibility index (Phi) is 7.86. The van der Waals surface area contributed by atoms with Crippen molar-refractivity contribution in [2.24, 2.45) is 11.8 Å². The molecular formula is C23H42N4O4. The number of morpholine rings is 1. The predicted octanol–water partition coefficient (Wildman–Crippen LogP) is 2.14. The number of hydrogen-bond acceptors (Lipinski definition) is 6. The highest BCUT2D eigenvalue weighted by Crippen LogP contribution is 2.33. The average Bonchev–Trinajstić information content (AvgIpc) is 2.73. The summed E-state index contributed by atoms with van der Waals surface area (Å²) in [5.74, 6) is 1.44. The number of carbonyl (C=O) groups is 2. The predicted molar refractivity (Wildman–Crippen MR) is 120 cm³/mol. The van der Waals surface area contributed by atoms with Crippen LogP contribution >= 0.6 is 0 Å². The second-order valence-corrected chi connectivity index (χ2v) is 10.6. The van der Waals surface area contributed by atoms with Crippen molar-refractivity contribution in [2.75, 3.05) is 59.5 Å². The van der Waals surface area contributed by atoms with Crippen LogP contribution in [0.15, 0.2) is 0 Å². The van der Waals surface area contributed by atoms with Crippen LogP contribution in [0, 0.1) is 11.8 Å². The van der Waals surface area contributed by atoms with Gasteiger partial charge in [0.05, 0.1) is 13.2 Å². The Hall–Kier alpha value is -1.38. The molecule has 3 heterocycles. The summed E-state index contributed by atoms with van der Waals surface area (Å²) in [6.07, 6.45) is 4.06. The van der Waals surface area contributed by atoms with Crippen LogP contribution in [-0.2, 0) is 14.3 Å². The summed E-state index contributed by atoms with van der Waals surface area (Å²) in [4.78, 5) is 32.7. The lowest BCUT2D eigenvalue weighted by Gasteiger charge is -2.46. The molecule has 0 aliphatic carbocycles. The van der Waals surface area contributed by atoms with Crippen LogP contribution in [0.5, 0.6) is 0 Å². The summed E-state index contributed by atoms with van der Waals surface area (Å²) in [6, 6.07) is 0. The van der Waals surface area contributed by atoms with Crippen molar-refractivity contribution in [3.05, 3.63) is 0 Å². The van der Waals surface area contributed by atoms with Crippen molar-refractivity contribution in [1.82, 2.24) is 20.0 Å². The SMILES string of the molecule is CN1CCC(C2CCN(C(=O)[C@@](C)(NC(=O)OC(C)(C)C)N3CCOCC3)CC2)CC1. The minimum atomic E-state index is -1.13. The molecule has 0 aromatic rings. The number of nitrogens with zero attached hydrogens (tertiary/aromatic N) is 3. The van der Waals surface area contributed by atoms with Gasteiger partial charge in [-0.3, -0.25) is 15.0 Å². The Bertz CT molecular complexity index is 616. The molecule has 0 aromatic carbocycles. The van der Waals surface area contributed by atoms with Crippen LogP contribution in [0.1, 0.15) is 53.4 Å². The molecule has 8 nitrogen and oxygen atoms in total. The van der Waals surface area contributed by atoms with Crippen LogP contribution in [0.2, 0.25) is 0 Å². The average molecular weight is 439 g/mol. The van der Waals surface area contributed by atoms with E-state index in [1.807, 2.05) is 37.5 Å². The Morgan fingerprint density at radius 3 is 1.90 bits per heavy atom. The van der Waals surface area contributed by atoms with Crippen LogP contribution in [0.3, 0.4) is 0 Å². The fourth-order valence-corrected chi connectivity index (χ4v) is 5.16. The zero-order chi connectivity index (χ0) is 22.6. The molecule has 3 rings (SSSR count). The molecule has 31 heavy (non-hydrogen) atoms. The number of carbonyl (C=O) groups excluding carboxylic acids is 2. The van der Waals surface area contributed by atoms with Crippen molar-refractivity contribution >= 4 is 12.0 Å². The standard InChI is InChI=1S/C23H42N4O4/c1-22(2,3)31-21(29)24-23(4,27-14-16-30-17-15-27)20(28)26-12-8-19(9-13-26)18-6-10-25(5)11-7-18/h18-19H,6-17H2,1-5H3,(H,24,29)/t23-/m0/s1. The highest BCUT2D eigenvalue weighted by atomic mass is 16.6. The lowest BCUT2D eigenvalue weighted by molar-refractivity contribution is -0.151. The molecule has 178 valence electrons. The van der Waals surface area contributed by atoms with E-state index in [0.29, 0.717) is 32.2 Å². The van der Waals surface area contributed by atoms with Gasteiger partial charge in [0.2, 0.25) is 0 Å². The second-order valence-electron chi connectivity index (χ2n) is 10.6. The molecule has 1 N–H and O–H groups in total. The number of nitrogens with one attached hydrogen (secondary N) is 1. The Morgan fingerprint density at radius 1 is 0.871 bits per heavy atom.